The molecular weight excluding hydrogens is 446 g/mol. The number of hydrogen-bond donors (Lipinski definition) is 1. The fourth-order valence-corrected chi connectivity index (χ4v) is 4.75. The van der Waals surface area contributed by atoms with E-state index in [0.29, 0.717) is 26.0 Å². The van der Waals surface area contributed by atoms with Gasteiger partial charge < -0.3 is 10.1 Å². The molecule has 0 spiro atoms. The zero-order chi connectivity index (χ0) is 26.4. The standard InChI is InChI=1S/C32H63NO3/c1-3-5-7-9-11-13-14-15-16-17-18-20-22-24-26-28-32(35)36-30-29-33-31(34)27-25-23-21-19-12-10-8-6-4-2/h3-30H2,1-2H3,(H,33,34). The van der Waals surface area contributed by atoms with Crippen LogP contribution in [0.25, 0.3) is 0 Å². The highest BCUT2D eigenvalue weighted by Crippen LogP contribution is 2.14. The Labute approximate surface area is 225 Å². The van der Waals surface area contributed by atoms with Crippen molar-refractivity contribution in [1.29, 1.82) is 0 Å². The molecule has 0 aliphatic heterocycles. The lowest BCUT2D eigenvalue weighted by atomic mass is 10.0. The maximum Gasteiger partial charge on any atom is 0.305 e. The van der Waals surface area contributed by atoms with Crippen LogP contribution in [0.4, 0.5) is 0 Å². The van der Waals surface area contributed by atoms with Gasteiger partial charge in [0.15, 0.2) is 0 Å². The predicted octanol–water partition coefficient (Wildman–Crippen LogP) is 9.83. The van der Waals surface area contributed by atoms with Gasteiger partial charge in [-0.15, -0.1) is 0 Å². The van der Waals surface area contributed by atoms with Crippen LogP contribution in [0.2, 0.25) is 0 Å². The number of hydrogen-bond acceptors (Lipinski definition) is 3. The number of esters is 1. The van der Waals surface area contributed by atoms with Crippen molar-refractivity contribution in [3.8, 4) is 0 Å². The Bertz CT molecular complexity index is 466. The first-order valence-corrected chi connectivity index (χ1v) is 16.1. The first-order chi connectivity index (χ1) is 17.7. The molecule has 36 heavy (non-hydrogen) atoms. The summed E-state index contributed by atoms with van der Waals surface area (Å²) < 4.78 is 5.26. The molecule has 0 heterocycles. The van der Waals surface area contributed by atoms with Gasteiger partial charge in [0.2, 0.25) is 5.91 Å². The first kappa shape index (κ1) is 34.9. The normalized spacial score (nSPS) is 11.1. The average molecular weight is 510 g/mol. The van der Waals surface area contributed by atoms with Gasteiger partial charge in [0.25, 0.3) is 0 Å². The van der Waals surface area contributed by atoms with E-state index < -0.39 is 0 Å². The van der Waals surface area contributed by atoms with Crippen LogP contribution in [-0.4, -0.2) is 25.0 Å². The second-order valence-electron chi connectivity index (χ2n) is 10.8. The lowest BCUT2D eigenvalue weighted by Crippen LogP contribution is -2.27. The van der Waals surface area contributed by atoms with E-state index >= 15 is 0 Å². The number of carbonyl (C=O) groups is 2. The fourth-order valence-electron chi connectivity index (χ4n) is 4.75. The van der Waals surface area contributed by atoms with Crippen molar-refractivity contribution in [2.45, 2.75) is 181 Å². The molecule has 0 aliphatic rings. The number of carbonyl (C=O) groups excluding carboxylic acids is 2. The van der Waals surface area contributed by atoms with Gasteiger partial charge in [0, 0.05) is 12.8 Å². The molecule has 0 aromatic heterocycles. The Morgan fingerprint density at radius 1 is 0.472 bits per heavy atom. The van der Waals surface area contributed by atoms with E-state index in [4.69, 9.17) is 4.74 Å². The summed E-state index contributed by atoms with van der Waals surface area (Å²) in [4.78, 5) is 23.7. The maximum absolute atomic E-state index is 11.9. The van der Waals surface area contributed by atoms with Crippen LogP contribution in [0.5, 0.6) is 0 Å². The van der Waals surface area contributed by atoms with E-state index in [2.05, 4.69) is 19.2 Å². The SMILES string of the molecule is CCCCCCCCCCCCCCCCCC(=O)OCCNC(=O)CCCCCCCCCCC. The molecule has 0 atom stereocenters. The van der Waals surface area contributed by atoms with Gasteiger partial charge in [0.05, 0.1) is 6.54 Å². The zero-order valence-electron chi connectivity index (χ0n) is 24.5. The Kier molecular flexibility index (Phi) is 29.3. The van der Waals surface area contributed by atoms with Crippen LogP contribution in [0, 0.1) is 0 Å². The molecule has 0 unspecified atom stereocenters. The third-order valence-corrected chi connectivity index (χ3v) is 7.18. The van der Waals surface area contributed by atoms with Gasteiger partial charge in [-0.3, -0.25) is 9.59 Å². The number of ether oxygens (including phenoxy) is 1. The molecule has 214 valence electrons. The molecule has 1 N–H and O–H groups in total. The molecule has 0 radical (unpaired) electrons. The Hall–Kier alpha value is -1.06. The fraction of sp³-hybridized carbons (Fsp3) is 0.938. The van der Waals surface area contributed by atoms with Crippen molar-refractivity contribution in [2.75, 3.05) is 13.2 Å². The smallest absolute Gasteiger partial charge is 0.305 e. The van der Waals surface area contributed by atoms with Gasteiger partial charge in [0.1, 0.15) is 6.61 Å². The summed E-state index contributed by atoms with van der Waals surface area (Å²) in [6.07, 6.45) is 32.3. The van der Waals surface area contributed by atoms with E-state index in [1.807, 2.05) is 0 Å². The molecule has 4 heteroatoms. The lowest BCUT2D eigenvalue weighted by molar-refractivity contribution is -0.144. The summed E-state index contributed by atoms with van der Waals surface area (Å²) in [5.74, 6) is -0.0470. The van der Waals surface area contributed by atoms with Gasteiger partial charge in [-0.2, -0.15) is 0 Å². The van der Waals surface area contributed by atoms with Gasteiger partial charge in [-0.1, -0.05) is 155 Å². The summed E-state index contributed by atoms with van der Waals surface area (Å²) in [6.45, 7) is 5.25. The first-order valence-electron chi connectivity index (χ1n) is 16.1. The van der Waals surface area contributed by atoms with Gasteiger partial charge in [-0.25, -0.2) is 0 Å². The molecule has 0 bridgehead atoms. The van der Waals surface area contributed by atoms with Crippen LogP contribution in [0.15, 0.2) is 0 Å². The van der Waals surface area contributed by atoms with E-state index in [9.17, 15) is 9.59 Å². The van der Waals surface area contributed by atoms with Crippen molar-refractivity contribution in [1.82, 2.24) is 5.32 Å². The highest BCUT2D eigenvalue weighted by atomic mass is 16.5. The summed E-state index contributed by atoms with van der Waals surface area (Å²) in [5.41, 5.74) is 0. The summed E-state index contributed by atoms with van der Waals surface area (Å²) >= 11 is 0. The maximum atomic E-state index is 11.9. The number of nitrogens with one attached hydrogen (secondary N) is 1. The minimum Gasteiger partial charge on any atom is -0.464 e. The van der Waals surface area contributed by atoms with Crippen LogP contribution in [0.3, 0.4) is 0 Å². The quantitative estimate of drug-likeness (QED) is 0.0806. The average Bonchev–Trinajstić information content (AvgIpc) is 2.88. The molecule has 0 aromatic rings. The van der Waals surface area contributed by atoms with Crippen molar-refractivity contribution in [3.63, 3.8) is 0 Å². The van der Waals surface area contributed by atoms with E-state index in [1.54, 1.807) is 0 Å². The van der Waals surface area contributed by atoms with Crippen molar-refractivity contribution in [3.05, 3.63) is 0 Å². The van der Waals surface area contributed by atoms with Crippen molar-refractivity contribution >= 4 is 11.9 Å². The van der Waals surface area contributed by atoms with Crippen LogP contribution in [-0.2, 0) is 14.3 Å². The van der Waals surface area contributed by atoms with Gasteiger partial charge >= 0.3 is 5.97 Å². The number of unbranched alkanes of at least 4 members (excludes halogenated alkanes) is 22. The molecule has 1 amide bonds. The minimum atomic E-state index is -0.127. The second kappa shape index (κ2) is 30.2. The van der Waals surface area contributed by atoms with E-state index in [1.165, 1.54) is 128 Å². The third kappa shape index (κ3) is 29.2. The molecular formula is C32H63NO3. The Morgan fingerprint density at radius 3 is 1.19 bits per heavy atom. The van der Waals surface area contributed by atoms with Crippen LogP contribution >= 0.6 is 0 Å². The van der Waals surface area contributed by atoms with Crippen molar-refractivity contribution in [2.24, 2.45) is 0 Å². The highest BCUT2D eigenvalue weighted by Gasteiger charge is 2.04. The molecule has 4 nitrogen and oxygen atoms in total. The number of rotatable bonds is 29. The molecule has 0 rings (SSSR count). The second-order valence-corrected chi connectivity index (χ2v) is 10.8. The predicted molar refractivity (Wildman–Crippen MR) is 155 cm³/mol. The zero-order valence-corrected chi connectivity index (χ0v) is 24.5. The summed E-state index contributed by atoms with van der Waals surface area (Å²) in [6, 6.07) is 0. The van der Waals surface area contributed by atoms with Gasteiger partial charge in [-0.05, 0) is 12.8 Å². The molecule has 0 saturated heterocycles. The monoisotopic (exact) mass is 509 g/mol. The largest absolute Gasteiger partial charge is 0.464 e. The third-order valence-electron chi connectivity index (χ3n) is 7.18. The number of amides is 1. The summed E-state index contributed by atoms with van der Waals surface area (Å²) in [7, 11) is 0. The molecule has 0 fully saturated rings. The van der Waals surface area contributed by atoms with E-state index in [0.717, 1.165) is 25.7 Å². The Balaban J connectivity index is 3.26. The van der Waals surface area contributed by atoms with Crippen LogP contribution in [0.1, 0.15) is 181 Å². The molecule has 0 aromatic carbocycles. The molecule has 0 saturated carbocycles. The topological polar surface area (TPSA) is 55.4 Å². The summed E-state index contributed by atoms with van der Waals surface area (Å²) in [5, 5.41) is 2.87. The van der Waals surface area contributed by atoms with Crippen molar-refractivity contribution < 1.29 is 14.3 Å². The van der Waals surface area contributed by atoms with E-state index in [-0.39, 0.29) is 11.9 Å². The highest BCUT2D eigenvalue weighted by molar-refractivity contribution is 5.75. The minimum absolute atomic E-state index is 0.0800. The Morgan fingerprint density at radius 2 is 0.806 bits per heavy atom. The van der Waals surface area contributed by atoms with Crippen LogP contribution < -0.4 is 5.32 Å². The lowest BCUT2D eigenvalue weighted by Gasteiger charge is -2.07. The molecule has 0 aliphatic carbocycles.